The van der Waals surface area contributed by atoms with Crippen LogP contribution in [0.5, 0.6) is 0 Å². The second kappa shape index (κ2) is 4.70. The summed E-state index contributed by atoms with van der Waals surface area (Å²) >= 11 is 0. The van der Waals surface area contributed by atoms with E-state index >= 15 is 0 Å². The molecule has 102 valence electrons. The number of nitro benzene ring substituents is 1. The van der Waals surface area contributed by atoms with Crippen molar-refractivity contribution in [2.24, 2.45) is 0 Å². The smallest absolute Gasteiger partial charge is 0.273 e. The van der Waals surface area contributed by atoms with Crippen LogP contribution in [0.1, 0.15) is 12.8 Å². The molecule has 3 rings (SSSR count). The molecule has 1 saturated heterocycles. The van der Waals surface area contributed by atoms with Gasteiger partial charge in [-0.2, -0.15) is 0 Å². The predicted octanol–water partition coefficient (Wildman–Crippen LogP) is 1.46. The van der Waals surface area contributed by atoms with E-state index in [0.29, 0.717) is 5.69 Å². The fourth-order valence-electron chi connectivity index (χ4n) is 2.69. The zero-order valence-corrected chi connectivity index (χ0v) is 10.8. The second-order valence-corrected chi connectivity index (χ2v) is 5.29. The van der Waals surface area contributed by atoms with Gasteiger partial charge in [0.1, 0.15) is 0 Å². The minimum absolute atomic E-state index is 0.0691. The maximum absolute atomic E-state index is 10.9. The Morgan fingerprint density at radius 3 is 2.42 bits per heavy atom. The molecule has 0 atom stereocenters. The molecule has 1 saturated carbocycles. The SMILES string of the molecule is Nc1cc(N2CCN(C3CC3)CC2)cc([N+](=O)[O-])c1. The molecular formula is C13H18N4O2. The van der Waals surface area contributed by atoms with Gasteiger partial charge in [-0.05, 0) is 18.9 Å². The number of piperazine rings is 1. The number of anilines is 2. The van der Waals surface area contributed by atoms with Crippen molar-refractivity contribution in [2.75, 3.05) is 36.8 Å². The number of nitrogens with zero attached hydrogens (tertiary/aromatic N) is 3. The van der Waals surface area contributed by atoms with Crippen molar-refractivity contribution in [3.63, 3.8) is 0 Å². The number of hydrogen-bond acceptors (Lipinski definition) is 5. The highest BCUT2D eigenvalue weighted by Crippen LogP contribution is 2.30. The molecule has 0 bridgehead atoms. The molecule has 6 nitrogen and oxygen atoms in total. The van der Waals surface area contributed by atoms with Crippen molar-refractivity contribution in [1.82, 2.24) is 4.90 Å². The van der Waals surface area contributed by atoms with Crippen molar-refractivity contribution in [3.8, 4) is 0 Å². The van der Waals surface area contributed by atoms with Gasteiger partial charge in [-0.1, -0.05) is 0 Å². The van der Waals surface area contributed by atoms with E-state index < -0.39 is 0 Å². The highest BCUT2D eigenvalue weighted by atomic mass is 16.6. The summed E-state index contributed by atoms with van der Waals surface area (Å²) < 4.78 is 0. The summed E-state index contributed by atoms with van der Waals surface area (Å²) in [5.41, 5.74) is 7.13. The molecule has 0 aromatic heterocycles. The number of benzene rings is 1. The molecule has 0 radical (unpaired) electrons. The Morgan fingerprint density at radius 1 is 1.16 bits per heavy atom. The molecule has 2 N–H and O–H groups in total. The predicted molar refractivity (Wildman–Crippen MR) is 74.3 cm³/mol. The molecule has 19 heavy (non-hydrogen) atoms. The Labute approximate surface area is 111 Å². The first-order chi connectivity index (χ1) is 9.13. The van der Waals surface area contributed by atoms with E-state index in [1.807, 2.05) is 6.07 Å². The van der Waals surface area contributed by atoms with Crippen LogP contribution in [0.25, 0.3) is 0 Å². The zero-order valence-electron chi connectivity index (χ0n) is 10.8. The molecule has 1 heterocycles. The standard InChI is InChI=1S/C13H18N4O2/c14-10-7-12(9-13(8-10)17(18)19)16-5-3-15(4-6-16)11-1-2-11/h7-9,11H,1-6,14H2. The Balaban J connectivity index is 1.73. The van der Waals surface area contributed by atoms with Gasteiger partial charge in [0.25, 0.3) is 5.69 Å². The molecule has 0 amide bonds. The van der Waals surface area contributed by atoms with Gasteiger partial charge in [0, 0.05) is 55.7 Å². The third kappa shape index (κ3) is 2.63. The van der Waals surface area contributed by atoms with E-state index in [4.69, 9.17) is 5.73 Å². The molecule has 0 unspecified atom stereocenters. The fraction of sp³-hybridized carbons (Fsp3) is 0.538. The summed E-state index contributed by atoms with van der Waals surface area (Å²) in [5.74, 6) is 0. The van der Waals surface area contributed by atoms with Gasteiger partial charge < -0.3 is 10.6 Å². The van der Waals surface area contributed by atoms with Crippen LogP contribution in [-0.2, 0) is 0 Å². The maximum atomic E-state index is 10.9. The Hall–Kier alpha value is -1.82. The van der Waals surface area contributed by atoms with Crippen LogP contribution in [-0.4, -0.2) is 42.0 Å². The molecule has 6 heteroatoms. The van der Waals surface area contributed by atoms with E-state index in [0.717, 1.165) is 37.9 Å². The quantitative estimate of drug-likeness (QED) is 0.507. The summed E-state index contributed by atoms with van der Waals surface area (Å²) in [7, 11) is 0. The topological polar surface area (TPSA) is 75.6 Å². The van der Waals surface area contributed by atoms with Crippen molar-refractivity contribution in [1.29, 1.82) is 0 Å². The first-order valence-electron chi connectivity index (χ1n) is 6.67. The lowest BCUT2D eigenvalue weighted by atomic mass is 10.2. The Kier molecular flexibility index (Phi) is 3.02. The molecule has 1 aliphatic carbocycles. The molecule has 2 fully saturated rings. The molecule has 1 aromatic carbocycles. The average molecular weight is 262 g/mol. The van der Waals surface area contributed by atoms with Crippen LogP contribution in [0.3, 0.4) is 0 Å². The second-order valence-electron chi connectivity index (χ2n) is 5.29. The van der Waals surface area contributed by atoms with Gasteiger partial charge in [-0.25, -0.2) is 0 Å². The van der Waals surface area contributed by atoms with E-state index in [9.17, 15) is 10.1 Å². The van der Waals surface area contributed by atoms with Gasteiger partial charge in [-0.3, -0.25) is 15.0 Å². The first kappa shape index (κ1) is 12.2. The minimum Gasteiger partial charge on any atom is -0.398 e. The molecule has 0 spiro atoms. The van der Waals surface area contributed by atoms with Crippen LogP contribution >= 0.6 is 0 Å². The molecule has 2 aliphatic rings. The van der Waals surface area contributed by atoms with Crippen molar-refractivity contribution < 1.29 is 4.92 Å². The first-order valence-corrected chi connectivity index (χ1v) is 6.67. The van der Waals surface area contributed by atoms with Crippen LogP contribution in [0.4, 0.5) is 17.1 Å². The van der Waals surface area contributed by atoms with Gasteiger partial charge in [0.2, 0.25) is 0 Å². The van der Waals surface area contributed by atoms with Crippen LogP contribution in [0, 0.1) is 10.1 Å². The zero-order chi connectivity index (χ0) is 13.4. The van der Waals surface area contributed by atoms with Crippen molar-refractivity contribution in [2.45, 2.75) is 18.9 Å². The van der Waals surface area contributed by atoms with Crippen LogP contribution < -0.4 is 10.6 Å². The summed E-state index contributed by atoms with van der Waals surface area (Å²) in [5, 5.41) is 10.9. The van der Waals surface area contributed by atoms with Crippen molar-refractivity contribution >= 4 is 17.1 Å². The van der Waals surface area contributed by atoms with Gasteiger partial charge in [0.05, 0.1) is 4.92 Å². The van der Waals surface area contributed by atoms with Gasteiger partial charge in [0.15, 0.2) is 0 Å². The fourth-order valence-corrected chi connectivity index (χ4v) is 2.69. The third-order valence-electron chi connectivity index (χ3n) is 3.88. The maximum Gasteiger partial charge on any atom is 0.273 e. The van der Waals surface area contributed by atoms with Gasteiger partial charge in [-0.15, -0.1) is 0 Å². The van der Waals surface area contributed by atoms with Crippen molar-refractivity contribution in [3.05, 3.63) is 28.3 Å². The number of nitrogens with two attached hydrogens (primary N) is 1. The third-order valence-corrected chi connectivity index (χ3v) is 3.88. The van der Waals surface area contributed by atoms with Crippen LogP contribution in [0.15, 0.2) is 18.2 Å². The largest absolute Gasteiger partial charge is 0.398 e. The Bertz CT molecular complexity index is 493. The van der Waals surface area contributed by atoms with E-state index in [2.05, 4.69) is 9.80 Å². The average Bonchev–Trinajstić information content (AvgIpc) is 3.22. The summed E-state index contributed by atoms with van der Waals surface area (Å²) in [6.07, 6.45) is 2.65. The number of nitro groups is 1. The summed E-state index contributed by atoms with van der Waals surface area (Å²) in [6.45, 7) is 3.90. The summed E-state index contributed by atoms with van der Waals surface area (Å²) in [6, 6.07) is 5.63. The van der Waals surface area contributed by atoms with E-state index in [-0.39, 0.29) is 10.6 Å². The number of hydrogen-bond donors (Lipinski definition) is 1. The Morgan fingerprint density at radius 2 is 1.84 bits per heavy atom. The number of nitrogen functional groups attached to an aromatic ring is 1. The normalized spacial score (nSPS) is 20.5. The lowest BCUT2D eigenvalue weighted by molar-refractivity contribution is -0.384. The molecular weight excluding hydrogens is 244 g/mol. The summed E-state index contributed by atoms with van der Waals surface area (Å²) in [4.78, 5) is 15.2. The number of rotatable bonds is 3. The molecule has 1 aromatic rings. The van der Waals surface area contributed by atoms with E-state index in [1.54, 1.807) is 6.07 Å². The van der Waals surface area contributed by atoms with E-state index in [1.165, 1.54) is 18.9 Å². The lowest BCUT2D eigenvalue weighted by Crippen LogP contribution is -2.47. The molecule has 1 aliphatic heterocycles. The lowest BCUT2D eigenvalue weighted by Gasteiger charge is -2.36. The van der Waals surface area contributed by atoms with Crippen LogP contribution in [0.2, 0.25) is 0 Å². The van der Waals surface area contributed by atoms with Gasteiger partial charge >= 0.3 is 0 Å². The highest BCUT2D eigenvalue weighted by Gasteiger charge is 2.31. The number of non-ortho nitro benzene ring substituents is 1. The monoisotopic (exact) mass is 262 g/mol. The minimum atomic E-state index is -0.389. The highest BCUT2D eigenvalue weighted by molar-refractivity contribution is 5.63.